The second-order valence-corrected chi connectivity index (χ2v) is 2.61. The van der Waals surface area contributed by atoms with Crippen molar-refractivity contribution in [3.63, 3.8) is 0 Å². The van der Waals surface area contributed by atoms with Gasteiger partial charge in [0, 0.05) is 0 Å². The Morgan fingerprint density at radius 1 is 1.75 bits per heavy atom. The molecule has 3 heteroatoms. The van der Waals surface area contributed by atoms with Crippen LogP contribution in [0.25, 0.3) is 0 Å². The molecule has 0 heterocycles. The molecule has 0 aromatic carbocycles. The molecule has 0 saturated heterocycles. The van der Waals surface area contributed by atoms with Gasteiger partial charge < -0.3 is 5.73 Å². The van der Waals surface area contributed by atoms with Gasteiger partial charge in [0.2, 0.25) is 5.91 Å². The number of primary amides is 1. The van der Waals surface area contributed by atoms with Crippen molar-refractivity contribution in [3.8, 4) is 0 Å². The van der Waals surface area contributed by atoms with Crippen LogP contribution in [0.2, 0.25) is 0 Å². The Kier molecular flexibility index (Phi) is 1.43. The number of halogens is 1. The molecule has 0 bridgehead atoms. The predicted molar refractivity (Wildman–Crippen MR) is 31.6 cm³/mol. The number of rotatable bonds is 2. The van der Waals surface area contributed by atoms with Crippen LogP contribution in [0.3, 0.4) is 0 Å². The number of nitrogens with two attached hydrogens (primary N) is 1. The van der Waals surface area contributed by atoms with Crippen molar-refractivity contribution in [1.82, 2.24) is 0 Å². The number of carbonyl (C=O) groups is 1. The summed E-state index contributed by atoms with van der Waals surface area (Å²) in [4.78, 5) is 10.3. The molecule has 1 atom stereocenters. The molecule has 0 aromatic heterocycles. The van der Waals surface area contributed by atoms with Gasteiger partial charge in [0.15, 0.2) is 0 Å². The zero-order valence-corrected chi connectivity index (χ0v) is 5.19. The fourth-order valence-electron chi connectivity index (χ4n) is 0.621. The molecule has 1 aliphatic carbocycles. The van der Waals surface area contributed by atoms with E-state index in [1.54, 1.807) is 0 Å². The van der Waals surface area contributed by atoms with Crippen LogP contribution in [0.15, 0.2) is 0 Å². The Bertz CT molecular complexity index is 111. The van der Waals surface area contributed by atoms with E-state index in [2.05, 4.69) is 0 Å². The minimum absolute atomic E-state index is 0.380. The fourth-order valence-corrected chi connectivity index (χ4v) is 0.873. The maximum absolute atomic E-state index is 10.3. The van der Waals surface area contributed by atoms with Crippen molar-refractivity contribution in [2.45, 2.75) is 18.2 Å². The maximum Gasteiger partial charge on any atom is 0.235 e. The topological polar surface area (TPSA) is 43.1 Å². The summed E-state index contributed by atoms with van der Waals surface area (Å²) in [6.45, 7) is 0. The standard InChI is InChI=1S/C5H8ClNO/c6-4(5(7)8)3-1-2-3/h3-4H,1-2H2,(H2,7,8). The Morgan fingerprint density at radius 2 is 2.25 bits per heavy atom. The van der Waals surface area contributed by atoms with Gasteiger partial charge in [0.25, 0.3) is 0 Å². The number of hydrogen-bond acceptors (Lipinski definition) is 1. The van der Waals surface area contributed by atoms with Crippen LogP contribution in [0.5, 0.6) is 0 Å². The Hall–Kier alpha value is -0.240. The van der Waals surface area contributed by atoms with E-state index in [-0.39, 0.29) is 5.91 Å². The highest BCUT2D eigenvalue weighted by atomic mass is 35.5. The summed E-state index contributed by atoms with van der Waals surface area (Å²) in [5.41, 5.74) is 4.91. The smallest absolute Gasteiger partial charge is 0.235 e. The molecule has 2 N–H and O–H groups in total. The highest BCUT2D eigenvalue weighted by Crippen LogP contribution is 2.35. The summed E-state index contributed by atoms with van der Waals surface area (Å²) in [6.07, 6.45) is 2.13. The summed E-state index contributed by atoms with van der Waals surface area (Å²) in [5, 5.41) is -0.407. The van der Waals surface area contributed by atoms with Crippen molar-refractivity contribution >= 4 is 17.5 Å². The SMILES string of the molecule is NC(=O)C(Cl)C1CC1. The molecular weight excluding hydrogens is 126 g/mol. The van der Waals surface area contributed by atoms with Gasteiger partial charge in [-0.05, 0) is 18.8 Å². The monoisotopic (exact) mass is 133 g/mol. The van der Waals surface area contributed by atoms with Crippen molar-refractivity contribution in [1.29, 1.82) is 0 Å². The first-order chi connectivity index (χ1) is 3.72. The van der Waals surface area contributed by atoms with Gasteiger partial charge in [-0.1, -0.05) is 0 Å². The molecule has 1 rings (SSSR count). The van der Waals surface area contributed by atoms with Gasteiger partial charge in [0.1, 0.15) is 5.38 Å². The molecule has 0 aromatic rings. The quantitative estimate of drug-likeness (QED) is 0.548. The minimum Gasteiger partial charge on any atom is -0.368 e. The molecule has 2 nitrogen and oxygen atoms in total. The molecule has 0 aliphatic heterocycles. The average molecular weight is 134 g/mol. The van der Waals surface area contributed by atoms with E-state index in [0.717, 1.165) is 12.8 Å². The predicted octanol–water partition coefficient (Wildman–Crippen LogP) is 0.489. The molecule has 8 heavy (non-hydrogen) atoms. The van der Waals surface area contributed by atoms with Gasteiger partial charge in [-0.3, -0.25) is 4.79 Å². The van der Waals surface area contributed by atoms with Crippen molar-refractivity contribution in [2.75, 3.05) is 0 Å². The van der Waals surface area contributed by atoms with E-state index in [9.17, 15) is 4.79 Å². The summed E-state index contributed by atoms with van der Waals surface area (Å²) < 4.78 is 0. The van der Waals surface area contributed by atoms with E-state index in [0.29, 0.717) is 5.92 Å². The minimum atomic E-state index is -0.407. The van der Waals surface area contributed by atoms with Crippen molar-refractivity contribution in [3.05, 3.63) is 0 Å². The van der Waals surface area contributed by atoms with Gasteiger partial charge >= 0.3 is 0 Å². The molecule has 1 fully saturated rings. The van der Waals surface area contributed by atoms with Crippen LogP contribution in [-0.2, 0) is 4.79 Å². The van der Waals surface area contributed by atoms with Crippen LogP contribution >= 0.6 is 11.6 Å². The fraction of sp³-hybridized carbons (Fsp3) is 0.800. The number of hydrogen-bond donors (Lipinski definition) is 1. The second-order valence-electron chi connectivity index (χ2n) is 2.14. The number of amides is 1. The lowest BCUT2D eigenvalue weighted by Crippen LogP contribution is -2.24. The first-order valence-electron chi connectivity index (χ1n) is 2.65. The molecule has 46 valence electrons. The molecule has 0 radical (unpaired) electrons. The number of carbonyl (C=O) groups excluding carboxylic acids is 1. The van der Waals surface area contributed by atoms with E-state index in [1.165, 1.54) is 0 Å². The normalized spacial score (nSPS) is 22.6. The van der Waals surface area contributed by atoms with E-state index in [1.807, 2.05) is 0 Å². The van der Waals surface area contributed by atoms with Crippen LogP contribution in [0, 0.1) is 5.92 Å². The van der Waals surface area contributed by atoms with Crippen LogP contribution in [-0.4, -0.2) is 11.3 Å². The average Bonchev–Trinajstić information content (AvgIpc) is 2.43. The van der Waals surface area contributed by atoms with E-state index >= 15 is 0 Å². The third-order valence-corrected chi connectivity index (χ3v) is 1.88. The lowest BCUT2D eigenvalue weighted by atomic mass is 10.3. The lowest BCUT2D eigenvalue weighted by molar-refractivity contribution is -0.118. The van der Waals surface area contributed by atoms with Crippen LogP contribution in [0.1, 0.15) is 12.8 Å². The van der Waals surface area contributed by atoms with Crippen LogP contribution in [0.4, 0.5) is 0 Å². The third-order valence-electron chi connectivity index (χ3n) is 1.31. The summed E-state index contributed by atoms with van der Waals surface area (Å²) in [5.74, 6) is 0.00309. The van der Waals surface area contributed by atoms with E-state index < -0.39 is 5.38 Å². The molecule has 1 saturated carbocycles. The first kappa shape index (κ1) is 5.89. The Balaban J connectivity index is 2.32. The first-order valence-corrected chi connectivity index (χ1v) is 3.09. The van der Waals surface area contributed by atoms with Crippen molar-refractivity contribution < 1.29 is 4.79 Å². The van der Waals surface area contributed by atoms with Gasteiger partial charge in [-0.15, -0.1) is 11.6 Å². The molecule has 1 amide bonds. The Labute approximate surface area is 53.0 Å². The largest absolute Gasteiger partial charge is 0.368 e. The Morgan fingerprint density at radius 3 is 2.38 bits per heavy atom. The highest BCUT2D eigenvalue weighted by Gasteiger charge is 2.32. The zero-order chi connectivity index (χ0) is 6.15. The van der Waals surface area contributed by atoms with Crippen molar-refractivity contribution in [2.24, 2.45) is 11.7 Å². The van der Waals surface area contributed by atoms with Gasteiger partial charge in [-0.25, -0.2) is 0 Å². The van der Waals surface area contributed by atoms with Gasteiger partial charge in [0.05, 0.1) is 0 Å². The molecular formula is C5H8ClNO. The summed E-state index contributed by atoms with van der Waals surface area (Å²) in [7, 11) is 0. The van der Waals surface area contributed by atoms with Crippen LogP contribution < -0.4 is 5.73 Å². The molecule has 1 aliphatic rings. The number of alkyl halides is 1. The zero-order valence-electron chi connectivity index (χ0n) is 4.43. The molecule has 0 spiro atoms. The highest BCUT2D eigenvalue weighted by molar-refractivity contribution is 6.30. The van der Waals surface area contributed by atoms with Gasteiger partial charge in [-0.2, -0.15) is 0 Å². The second kappa shape index (κ2) is 1.94. The molecule has 1 unspecified atom stereocenters. The summed E-state index contributed by atoms with van der Waals surface area (Å²) >= 11 is 5.54. The van der Waals surface area contributed by atoms with E-state index in [4.69, 9.17) is 17.3 Å². The summed E-state index contributed by atoms with van der Waals surface area (Å²) in [6, 6.07) is 0. The maximum atomic E-state index is 10.3. The third kappa shape index (κ3) is 1.13. The lowest BCUT2D eigenvalue weighted by Gasteiger charge is -1.98.